The summed E-state index contributed by atoms with van der Waals surface area (Å²) < 4.78 is 65.0. The van der Waals surface area contributed by atoms with Gasteiger partial charge in [-0.3, -0.25) is 0 Å². The Balaban J connectivity index is 2.93. The second-order valence-electron chi connectivity index (χ2n) is 3.52. The maximum absolute atomic E-state index is 12.6. The molecule has 0 aliphatic heterocycles. The van der Waals surface area contributed by atoms with Gasteiger partial charge in [0.1, 0.15) is 5.69 Å². The zero-order valence-electron chi connectivity index (χ0n) is 9.37. The lowest BCUT2D eigenvalue weighted by atomic mass is 10.3. The molecule has 0 aromatic carbocycles. The summed E-state index contributed by atoms with van der Waals surface area (Å²) in [5.41, 5.74) is 0.196. The Morgan fingerprint density at radius 2 is 1.89 bits per heavy atom. The van der Waals surface area contributed by atoms with Crippen LogP contribution in [-0.2, 0) is 0 Å². The molecule has 0 aliphatic carbocycles. The van der Waals surface area contributed by atoms with Gasteiger partial charge in [-0.15, -0.1) is 0 Å². The molecular formula is C9H7F5N2O3. The van der Waals surface area contributed by atoms with Crippen molar-refractivity contribution >= 4 is 5.82 Å². The number of aryl methyl sites for hydroxylation is 1. The summed E-state index contributed by atoms with van der Waals surface area (Å²) in [5, 5.41) is 10.5. The molecule has 5 nitrogen and oxygen atoms in total. The Hall–Kier alpha value is -2.00. The summed E-state index contributed by atoms with van der Waals surface area (Å²) in [6, 6.07) is 2.10. The van der Waals surface area contributed by atoms with Gasteiger partial charge < -0.3 is 14.9 Å². The van der Waals surface area contributed by atoms with Crippen molar-refractivity contribution in [2.75, 3.05) is 6.61 Å². The Morgan fingerprint density at radius 3 is 2.37 bits per heavy atom. The van der Waals surface area contributed by atoms with E-state index in [1.165, 1.54) is 13.0 Å². The van der Waals surface area contributed by atoms with Crippen molar-refractivity contribution in [2.45, 2.75) is 19.0 Å². The summed E-state index contributed by atoms with van der Waals surface area (Å²) in [6.07, 6.45) is -5.79. The number of nitrogens with zero attached hydrogens (tertiary/aromatic N) is 2. The molecule has 0 unspecified atom stereocenters. The second kappa shape index (κ2) is 4.94. The number of ether oxygens (including phenoxy) is 1. The SMILES string of the molecule is Cc1ccc(OCC(F)(F)C(F)(F)F)c([N+](=O)[O-])n1. The van der Waals surface area contributed by atoms with Crippen molar-refractivity contribution in [3.05, 3.63) is 27.9 Å². The van der Waals surface area contributed by atoms with E-state index < -0.39 is 35.2 Å². The van der Waals surface area contributed by atoms with Crippen LogP contribution in [0.3, 0.4) is 0 Å². The van der Waals surface area contributed by atoms with Crippen LogP contribution >= 0.6 is 0 Å². The molecular weight excluding hydrogens is 279 g/mol. The normalized spacial score (nSPS) is 12.3. The molecule has 106 valence electrons. The van der Waals surface area contributed by atoms with E-state index in [9.17, 15) is 32.1 Å². The van der Waals surface area contributed by atoms with Gasteiger partial charge in [0.25, 0.3) is 0 Å². The number of pyridine rings is 1. The van der Waals surface area contributed by atoms with Crippen LogP contribution in [0, 0.1) is 17.0 Å². The third kappa shape index (κ3) is 3.48. The zero-order chi connectivity index (χ0) is 14.8. The number of alkyl halides is 5. The summed E-state index contributed by atoms with van der Waals surface area (Å²) in [4.78, 5) is 12.9. The van der Waals surface area contributed by atoms with Gasteiger partial charge >= 0.3 is 17.9 Å². The van der Waals surface area contributed by atoms with Crippen LogP contribution < -0.4 is 4.74 Å². The van der Waals surface area contributed by atoms with Crippen molar-refractivity contribution < 1.29 is 31.6 Å². The summed E-state index contributed by atoms with van der Waals surface area (Å²) >= 11 is 0. The number of aromatic nitrogens is 1. The first-order chi connectivity index (χ1) is 8.54. The van der Waals surface area contributed by atoms with Crippen molar-refractivity contribution in [1.82, 2.24) is 4.98 Å². The minimum Gasteiger partial charge on any atom is -0.479 e. The maximum Gasteiger partial charge on any atom is 0.456 e. The minimum absolute atomic E-state index is 0.196. The van der Waals surface area contributed by atoms with Crippen LogP contribution in [0.2, 0.25) is 0 Å². The van der Waals surface area contributed by atoms with E-state index in [-0.39, 0.29) is 5.69 Å². The summed E-state index contributed by atoms with van der Waals surface area (Å²) in [6.45, 7) is -0.664. The fraction of sp³-hybridized carbons (Fsp3) is 0.444. The van der Waals surface area contributed by atoms with Gasteiger partial charge in [-0.2, -0.15) is 22.0 Å². The number of halogens is 5. The topological polar surface area (TPSA) is 65.3 Å². The molecule has 0 spiro atoms. The molecule has 0 bridgehead atoms. The molecule has 0 saturated heterocycles. The lowest BCUT2D eigenvalue weighted by Gasteiger charge is -2.19. The van der Waals surface area contributed by atoms with Crippen molar-refractivity contribution in [3.63, 3.8) is 0 Å². The summed E-state index contributed by atoms with van der Waals surface area (Å²) in [5.74, 6) is -6.77. The number of hydrogen-bond donors (Lipinski definition) is 0. The van der Waals surface area contributed by atoms with Gasteiger partial charge in [0, 0.05) is 6.92 Å². The van der Waals surface area contributed by atoms with Crippen LogP contribution in [0.5, 0.6) is 5.75 Å². The Labute approximate surface area is 103 Å². The van der Waals surface area contributed by atoms with Crippen molar-refractivity contribution in [3.8, 4) is 5.75 Å². The average Bonchev–Trinajstić information content (AvgIpc) is 2.25. The first-order valence-corrected chi connectivity index (χ1v) is 4.74. The number of nitro groups is 1. The highest BCUT2D eigenvalue weighted by Crippen LogP contribution is 2.36. The lowest BCUT2D eigenvalue weighted by molar-refractivity contribution is -0.391. The molecule has 0 aliphatic rings. The summed E-state index contributed by atoms with van der Waals surface area (Å²) in [7, 11) is 0. The van der Waals surface area contributed by atoms with Gasteiger partial charge in [-0.1, -0.05) is 0 Å². The van der Waals surface area contributed by atoms with E-state index in [1.807, 2.05) is 0 Å². The molecule has 0 atom stereocenters. The van der Waals surface area contributed by atoms with Crippen molar-refractivity contribution in [2.24, 2.45) is 0 Å². The standard InChI is InChI=1S/C9H7F5N2O3/c1-5-2-3-6(7(15-5)16(17)18)19-4-8(10,11)9(12,13)14/h2-3H,4H2,1H3. The maximum atomic E-state index is 12.6. The van der Waals surface area contributed by atoms with E-state index in [0.29, 0.717) is 0 Å². The molecule has 0 amide bonds. The Bertz CT molecular complexity index is 489. The van der Waals surface area contributed by atoms with E-state index in [1.54, 1.807) is 0 Å². The van der Waals surface area contributed by atoms with Crippen molar-refractivity contribution in [1.29, 1.82) is 0 Å². The van der Waals surface area contributed by atoms with Crippen LogP contribution in [-0.4, -0.2) is 28.6 Å². The third-order valence-electron chi connectivity index (χ3n) is 1.98. The fourth-order valence-electron chi connectivity index (χ4n) is 1.02. The third-order valence-corrected chi connectivity index (χ3v) is 1.98. The van der Waals surface area contributed by atoms with E-state index in [0.717, 1.165) is 6.07 Å². The van der Waals surface area contributed by atoms with Crippen LogP contribution in [0.25, 0.3) is 0 Å². The lowest BCUT2D eigenvalue weighted by Crippen LogP contribution is -2.41. The predicted octanol–water partition coefficient (Wildman–Crippen LogP) is 2.87. The molecule has 0 fully saturated rings. The molecule has 0 radical (unpaired) electrons. The van der Waals surface area contributed by atoms with Crippen LogP contribution in [0.4, 0.5) is 27.8 Å². The van der Waals surface area contributed by atoms with Crippen LogP contribution in [0.15, 0.2) is 12.1 Å². The van der Waals surface area contributed by atoms with Gasteiger partial charge in [-0.05, 0) is 22.0 Å². The highest BCUT2D eigenvalue weighted by Gasteiger charge is 2.58. The van der Waals surface area contributed by atoms with Gasteiger partial charge in [0.2, 0.25) is 5.75 Å². The Morgan fingerprint density at radius 1 is 1.32 bits per heavy atom. The molecule has 1 rings (SSSR count). The first kappa shape index (κ1) is 15.1. The monoisotopic (exact) mass is 286 g/mol. The van der Waals surface area contributed by atoms with E-state index in [4.69, 9.17) is 0 Å². The van der Waals surface area contributed by atoms with E-state index >= 15 is 0 Å². The number of hydrogen-bond acceptors (Lipinski definition) is 4. The van der Waals surface area contributed by atoms with E-state index in [2.05, 4.69) is 9.72 Å². The van der Waals surface area contributed by atoms with Crippen LogP contribution in [0.1, 0.15) is 5.69 Å². The second-order valence-corrected chi connectivity index (χ2v) is 3.52. The van der Waals surface area contributed by atoms with Gasteiger partial charge in [0.05, 0.1) is 0 Å². The van der Waals surface area contributed by atoms with Gasteiger partial charge in [-0.25, -0.2) is 0 Å². The smallest absolute Gasteiger partial charge is 0.456 e. The largest absolute Gasteiger partial charge is 0.479 e. The highest BCUT2D eigenvalue weighted by molar-refractivity contribution is 5.40. The average molecular weight is 286 g/mol. The molecule has 1 aromatic rings. The molecule has 1 heterocycles. The molecule has 1 aromatic heterocycles. The quantitative estimate of drug-likeness (QED) is 0.485. The minimum atomic E-state index is -5.79. The zero-order valence-corrected chi connectivity index (χ0v) is 9.37. The number of rotatable bonds is 4. The highest BCUT2D eigenvalue weighted by atomic mass is 19.4. The fourth-order valence-corrected chi connectivity index (χ4v) is 1.02. The molecule has 19 heavy (non-hydrogen) atoms. The van der Waals surface area contributed by atoms with Gasteiger partial charge in [0.15, 0.2) is 6.61 Å². The molecule has 0 saturated carbocycles. The first-order valence-electron chi connectivity index (χ1n) is 4.74. The predicted molar refractivity (Wildman–Crippen MR) is 52.1 cm³/mol. The Kier molecular flexibility index (Phi) is 3.91. The molecule has 0 N–H and O–H groups in total. The molecule has 10 heteroatoms.